The Morgan fingerprint density at radius 1 is 1.00 bits per heavy atom. The molecule has 0 saturated carbocycles. The van der Waals surface area contributed by atoms with Crippen LogP contribution in [-0.4, -0.2) is 5.97 Å². The van der Waals surface area contributed by atoms with Gasteiger partial charge in [0.05, 0.1) is 17.2 Å². The highest BCUT2D eigenvalue weighted by atomic mass is 35.5. The fraction of sp³-hybridized carbons (Fsp3) is 0.0435. The maximum atomic E-state index is 12.3. The molecule has 0 aliphatic carbocycles. The van der Waals surface area contributed by atoms with Crippen LogP contribution in [0.25, 0.3) is 11.6 Å². The van der Waals surface area contributed by atoms with Crippen LogP contribution in [0.5, 0.6) is 5.75 Å². The molecular formula is C23H16ClNO2. The first kappa shape index (κ1) is 18.4. The maximum Gasteiger partial charge on any atom is 0.343 e. The molecule has 0 aliphatic rings. The molecule has 0 radical (unpaired) electrons. The minimum absolute atomic E-state index is 0.415. The van der Waals surface area contributed by atoms with Gasteiger partial charge in [0.1, 0.15) is 5.75 Å². The summed E-state index contributed by atoms with van der Waals surface area (Å²) < 4.78 is 5.45. The van der Waals surface area contributed by atoms with Crippen molar-refractivity contribution in [2.75, 3.05) is 0 Å². The lowest BCUT2D eigenvalue weighted by Gasteiger charge is -2.06. The van der Waals surface area contributed by atoms with Gasteiger partial charge in [0.2, 0.25) is 0 Å². The van der Waals surface area contributed by atoms with Crippen LogP contribution >= 0.6 is 11.6 Å². The summed E-state index contributed by atoms with van der Waals surface area (Å²) in [7, 11) is 0. The van der Waals surface area contributed by atoms with Crippen molar-refractivity contribution < 1.29 is 9.53 Å². The number of nitriles is 1. The summed E-state index contributed by atoms with van der Waals surface area (Å²) in [5.74, 6) is -0.0100. The van der Waals surface area contributed by atoms with Crippen LogP contribution in [0.2, 0.25) is 5.02 Å². The van der Waals surface area contributed by atoms with Crippen LogP contribution in [0.3, 0.4) is 0 Å². The van der Waals surface area contributed by atoms with Gasteiger partial charge in [0.25, 0.3) is 0 Å². The predicted octanol–water partition coefficient (Wildman–Crippen LogP) is 5.93. The molecule has 3 aromatic rings. The zero-order chi connectivity index (χ0) is 19.2. The average Bonchev–Trinajstić information content (AvgIpc) is 2.67. The number of benzene rings is 3. The van der Waals surface area contributed by atoms with E-state index >= 15 is 0 Å². The normalized spacial score (nSPS) is 10.9. The first-order valence-electron chi connectivity index (χ1n) is 8.32. The summed E-state index contributed by atoms with van der Waals surface area (Å²) in [6, 6.07) is 23.5. The van der Waals surface area contributed by atoms with Gasteiger partial charge in [0, 0.05) is 5.02 Å². The molecule has 0 N–H and O–H groups in total. The number of halogens is 1. The quantitative estimate of drug-likeness (QED) is 0.246. The molecule has 0 atom stereocenters. The fourth-order valence-corrected chi connectivity index (χ4v) is 2.72. The predicted molar refractivity (Wildman–Crippen MR) is 108 cm³/mol. The van der Waals surface area contributed by atoms with Crippen molar-refractivity contribution in [1.82, 2.24) is 0 Å². The summed E-state index contributed by atoms with van der Waals surface area (Å²) in [5.41, 5.74) is 3.51. The van der Waals surface area contributed by atoms with Crippen molar-refractivity contribution in [3.05, 3.63) is 100 Å². The monoisotopic (exact) mass is 373 g/mol. The van der Waals surface area contributed by atoms with E-state index < -0.39 is 5.97 Å². The molecule has 0 aliphatic heterocycles. The molecule has 27 heavy (non-hydrogen) atoms. The molecule has 0 fully saturated rings. The third-order valence-corrected chi connectivity index (χ3v) is 4.16. The first-order chi connectivity index (χ1) is 13.0. The van der Waals surface area contributed by atoms with Gasteiger partial charge in [-0.15, -0.1) is 0 Å². The van der Waals surface area contributed by atoms with Crippen LogP contribution < -0.4 is 4.74 Å². The van der Waals surface area contributed by atoms with Gasteiger partial charge < -0.3 is 4.74 Å². The second-order valence-electron chi connectivity index (χ2n) is 6.01. The Morgan fingerprint density at radius 2 is 1.74 bits per heavy atom. The lowest BCUT2D eigenvalue weighted by Crippen LogP contribution is -2.08. The van der Waals surface area contributed by atoms with E-state index in [9.17, 15) is 10.1 Å². The topological polar surface area (TPSA) is 50.1 Å². The smallest absolute Gasteiger partial charge is 0.343 e. The Morgan fingerprint density at radius 3 is 2.44 bits per heavy atom. The third kappa shape index (κ3) is 4.84. The zero-order valence-electron chi connectivity index (χ0n) is 14.6. The van der Waals surface area contributed by atoms with Crippen molar-refractivity contribution in [3.63, 3.8) is 0 Å². The number of carbonyl (C=O) groups excluding carboxylic acids is 1. The number of allylic oxidation sites excluding steroid dienone is 1. The summed E-state index contributed by atoms with van der Waals surface area (Å²) in [5, 5.41) is 10.0. The van der Waals surface area contributed by atoms with E-state index in [1.807, 2.05) is 31.2 Å². The van der Waals surface area contributed by atoms with Gasteiger partial charge in [-0.3, -0.25) is 0 Å². The fourth-order valence-electron chi connectivity index (χ4n) is 2.53. The van der Waals surface area contributed by atoms with E-state index in [2.05, 4.69) is 6.07 Å². The Labute approximate surface area is 163 Å². The van der Waals surface area contributed by atoms with Crippen molar-refractivity contribution in [2.45, 2.75) is 6.92 Å². The lowest BCUT2D eigenvalue weighted by molar-refractivity contribution is 0.0735. The molecule has 3 aromatic carbocycles. The SMILES string of the molecule is Cc1ccc(C(=O)Oc2cccc(/C=C(/C#N)c3cccc(Cl)c3)c2)cc1. The molecule has 4 heteroatoms. The minimum atomic E-state index is -0.425. The zero-order valence-corrected chi connectivity index (χ0v) is 15.4. The van der Waals surface area contributed by atoms with E-state index in [0.717, 1.165) is 16.7 Å². The molecular weight excluding hydrogens is 358 g/mol. The number of rotatable bonds is 4. The number of hydrogen-bond donors (Lipinski definition) is 0. The Bertz CT molecular complexity index is 1050. The van der Waals surface area contributed by atoms with Crippen LogP contribution in [0.15, 0.2) is 72.8 Å². The van der Waals surface area contributed by atoms with E-state index in [1.165, 1.54) is 0 Å². The second-order valence-corrected chi connectivity index (χ2v) is 6.44. The highest BCUT2D eigenvalue weighted by molar-refractivity contribution is 6.30. The van der Waals surface area contributed by atoms with Crippen LogP contribution in [0.1, 0.15) is 27.0 Å². The van der Waals surface area contributed by atoms with Crippen LogP contribution in [0, 0.1) is 18.3 Å². The van der Waals surface area contributed by atoms with Crippen molar-refractivity contribution in [2.24, 2.45) is 0 Å². The second kappa shape index (κ2) is 8.35. The summed E-state index contributed by atoms with van der Waals surface area (Å²) >= 11 is 6.01. The van der Waals surface area contributed by atoms with Crippen molar-refractivity contribution in [3.8, 4) is 11.8 Å². The third-order valence-electron chi connectivity index (χ3n) is 3.92. The lowest BCUT2D eigenvalue weighted by atomic mass is 10.0. The summed E-state index contributed by atoms with van der Waals surface area (Å²) in [4.78, 5) is 12.3. The molecule has 0 unspecified atom stereocenters. The van der Waals surface area contributed by atoms with Gasteiger partial charge in [-0.1, -0.05) is 53.6 Å². The summed E-state index contributed by atoms with van der Waals surface area (Å²) in [6.07, 6.45) is 1.73. The largest absolute Gasteiger partial charge is 0.423 e. The van der Waals surface area contributed by atoms with Crippen LogP contribution in [-0.2, 0) is 0 Å². The molecule has 0 heterocycles. The number of carbonyl (C=O) groups is 1. The molecule has 0 spiro atoms. The van der Waals surface area contributed by atoms with Gasteiger partial charge in [-0.05, 0) is 60.5 Å². The maximum absolute atomic E-state index is 12.3. The van der Waals surface area contributed by atoms with E-state index in [-0.39, 0.29) is 0 Å². The molecule has 0 bridgehead atoms. The van der Waals surface area contributed by atoms with E-state index in [1.54, 1.807) is 54.6 Å². The van der Waals surface area contributed by atoms with Gasteiger partial charge in [-0.25, -0.2) is 4.79 Å². The summed E-state index contributed by atoms with van der Waals surface area (Å²) in [6.45, 7) is 1.96. The van der Waals surface area contributed by atoms with E-state index in [4.69, 9.17) is 16.3 Å². The molecule has 3 nitrogen and oxygen atoms in total. The standard InChI is InChI=1S/C23H16ClNO2/c1-16-8-10-18(11-9-16)23(26)27-22-7-2-4-17(13-22)12-20(15-25)19-5-3-6-21(24)14-19/h2-14H,1H3/b20-12-. The number of hydrogen-bond acceptors (Lipinski definition) is 3. The van der Waals surface area contributed by atoms with Gasteiger partial charge >= 0.3 is 5.97 Å². The van der Waals surface area contributed by atoms with E-state index in [0.29, 0.717) is 21.9 Å². The highest BCUT2D eigenvalue weighted by Gasteiger charge is 2.09. The molecule has 0 aromatic heterocycles. The Kier molecular flexibility index (Phi) is 5.71. The molecule has 0 saturated heterocycles. The van der Waals surface area contributed by atoms with Crippen molar-refractivity contribution >= 4 is 29.2 Å². The minimum Gasteiger partial charge on any atom is -0.423 e. The number of nitrogens with zero attached hydrogens (tertiary/aromatic N) is 1. The Balaban J connectivity index is 1.83. The first-order valence-corrected chi connectivity index (χ1v) is 8.69. The molecule has 132 valence electrons. The van der Waals surface area contributed by atoms with Crippen LogP contribution in [0.4, 0.5) is 0 Å². The number of ether oxygens (including phenoxy) is 1. The number of aryl methyl sites for hydroxylation is 1. The molecule has 0 amide bonds. The van der Waals surface area contributed by atoms with Crippen molar-refractivity contribution in [1.29, 1.82) is 5.26 Å². The highest BCUT2D eigenvalue weighted by Crippen LogP contribution is 2.23. The van der Waals surface area contributed by atoms with Gasteiger partial charge in [0.15, 0.2) is 0 Å². The Hall–Kier alpha value is -3.35. The number of esters is 1. The molecule has 3 rings (SSSR count). The average molecular weight is 374 g/mol. The van der Waals surface area contributed by atoms with Gasteiger partial charge in [-0.2, -0.15) is 5.26 Å².